The summed E-state index contributed by atoms with van der Waals surface area (Å²) in [6.45, 7) is 1.46. The van der Waals surface area contributed by atoms with Gasteiger partial charge in [-0.25, -0.2) is 13.6 Å². The molecule has 0 bridgehead atoms. The van der Waals surface area contributed by atoms with Gasteiger partial charge in [-0.2, -0.15) is 0 Å². The molecular weight excluding hydrogens is 216 g/mol. The highest BCUT2D eigenvalue weighted by molar-refractivity contribution is 7.89. The van der Waals surface area contributed by atoms with Crippen molar-refractivity contribution in [3.63, 3.8) is 0 Å². The lowest BCUT2D eigenvalue weighted by Gasteiger charge is -2.15. The largest absolute Gasteiger partial charge is 0.472 e. The number of nitrogens with two attached hydrogens (primary N) is 1. The van der Waals surface area contributed by atoms with E-state index in [0.29, 0.717) is 6.54 Å². The maximum absolute atomic E-state index is 11.0. The van der Waals surface area contributed by atoms with Crippen LogP contribution in [0.15, 0.2) is 23.0 Å². The lowest BCUT2D eigenvalue weighted by molar-refractivity contribution is 0.527. The number of sulfonamides is 1. The standard InChI is InChI=1S/C9H14N2O3S/c10-15(12,13)6-8-3-11-4-9(8)7-1-2-14-5-7/h1-2,5,8-9,11H,3-4,6H2,(H2,10,12,13). The zero-order valence-corrected chi connectivity index (χ0v) is 9.03. The van der Waals surface area contributed by atoms with Crippen molar-refractivity contribution < 1.29 is 12.8 Å². The molecule has 1 aromatic heterocycles. The number of furan rings is 1. The molecule has 5 nitrogen and oxygen atoms in total. The van der Waals surface area contributed by atoms with Crippen LogP contribution in [0.2, 0.25) is 0 Å². The molecule has 1 aliphatic heterocycles. The van der Waals surface area contributed by atoms with Crippen LogP contribution in [0.1, 0.15) is 11.5 Å². The molecule has 15 heavy (non-hydrogen) atoms. The second-order valence-electron chi connectivity index (χ2n) is 3.91. The summed E-state index contributed by atoms with van der Waals surface area (Å²) in [6.07, 6.45) is 3.26. The summed E-state index contributed by atoms with van der Waals surface area (Å²) < 4.78 is 27.1. The van der Waals surface area contributed by atoms with Gasteiger partial charge < -0.3 is 9.73 Å². The molecule has 0 radical (unpaired) electrons. The van der Waals surface area contributed by atoms with E-state index >= 15 is 0 Å². The maximum Gasteiger partial charge on any atom is 0.209 e. The number of hydrogen-bond donors (Lipinski definition) is 2. The van der Waals surface area contributed by atoms with Gasteiger partial charge in [-0.1, -0.05) is 0 Å². The molecule has 0 amide bonds. The molecule has 0 spiro atoms. The Kier molecular flexibility index (Phi) is 2.81. The first-order valence-electron chi connectivity index (χ1n) is 4.79. The van der Waals surface area contributed by atoms with E-state index in [1.165, 1.54) is 0 Å². The molecule has 1 aromatic rings. The van der Waals surface area contributed by atoms with Crippen molar-refractivity contribution in [2.45, 2.75) is 5.92 Å². The first-order valence-corrected chi connectivity index (χ1v) is 6.51. The Morgan fingerprint density at radius 2 is 2.33 bits per heavy atom. The highest BCUT2D eigenvalue weighted by Crippen LogP contribution is 2.28. The van der Waals surface area contributed by atoms with Gasteiger partial charge in [0.1, 0.15) is 0 Å². The highest BCUT2D eigenvalue weighted by Gasteiger charge is 2.31. The van der Waals surface area contributed by atoms with E-state index in [1.807, 2.05) is 6.07 Å². The number of primary sulfonamides is 1. The average Bonchev–Trinajstić information content (AvgIpc) is 2.68. The Labute approximate surface area is 88.7 Å². The van der Waals surface area contributed by atoms with Crippen LogP contribution in [-0.2, 0) is 10.0 Å². The van der Waals surface area contributed by atoms with Gasteiger partial charge in [-0.15, -0.1) is 0 Å². The van der Waals surface area contributed by atoms with E-state index in [4.69, 9.17) is 9.56 Å². The van der Waals surface area contributed by atoms with Crippen molar-refractivity contribution >= 4 is 10.0 Å². The molecule has 0 aliphatic carbocycles. The minimum atomic E-state index is -3.40. The summed E-state index contributed by atoms with van der Waals surface area (Å²) in [5, 5.41) is 8.22. The quantitative estimate of drug-likeness (QED) is 0.757. The van der Waals surface area contributed by atoms with Crippen LogP contribution in [0, 0.1) is 5.92 Å². The Morgan fingerprint density at radius 1 is 1.53 bits per heavy atom. The van der Waals surface area contributed by atoms with Gasteiger partial charge in [0.15, 0.2) is 0 Å². The third-order valence-corrected chi connectivity index (χ3v) is 3.65. The van der Waals surface area contributed by atoms with E-state index in [-0.39, 0.29) is 17.6 Å². The SMILES string of the molecule is NS(=O)(=O)CC1CNCC1c1ccoc1. The topological polar surface area (TPSA) is 85.3 Å². The molecule has 6 heteroatoms. The summed E-state index contributed by atoms with van der Waals surface area (Å²) in [5.41, 5.74) is 1.04. The van der Waals surface area contributed by atoms with E-state index < -0.39 is 10.0 Å². The summed E-state index contributed by atoms with van der Waals surface area (Å²) in [4.78, 5) is 0. The van der Waals surface area contributed by atoms with Crippen molar-refractivity contribution in [2.24, 2.45) is 11.1 Å². The number of nitrogens with one attached hydrogen (secondary N) is 1. The molecule has 0 aromatic carbocycles. The number of hydrogen-bond acceptors (Lipinski definition) is 4. The van der Waals surface area contributed by atoms with Crippen LogP contribution in [0.4, 0.5) is 0 Å². The monoisotopic (exact) mass is 230 g/mol. The Bertz CT molecular complexity index is 413. The van der Waals surface area contributed by atoms with E-state index in [2.05, 4.69) is 5.32 Å². The van der Waals surface area contributed by atoms with Crippen molar-refractivity contribution in [3.8, 4) is 0 Å². The lowest BCUT2D eigenvalue weighted by Crippen LogP contribution is -2.26. The van der Waals surface area contributed by atoms with Crippen molar-refractivity contribution in [2.75, 3.05) is 18.8 Å². The van der Waals surface area contributed by atoms with Crippen LogP contribution in [0.5, 0.6) is 0 Å². The minimum Gasteiger partial charge on any atom is -0.472 e. The summed E-state index contributed by atoms with van der Waals surface area (Å²) >= 11 is 0. The summed E-state index contributed by atoms with van der Waals surface area (Å²) in [6, 6.07) is 1.87. The number of rotatable bonds is 3. The maximum atomic E-state index is 11.0. The van der Waals surface area contributed by atoms with Crippen LogP contribution >= 0.6 is 0 Å². The van der Waals surface area contributed by atoms with Gasteiger partial charge in [0.05, 0.1) is 18.3 Å². The van der Waals surface area contributed by atoms with Crippen molar-refractivity contribution in [1.29, 1.82) is 0 Å². The van der Waals surface area contributed by atoms with E-state index in [9.17, 15) is 8.42 Å². The van der Waals surface area contributed by atoms with Crippen LogP contribution in [0.25, 0.3) is 0 Å². The van der Waals surface area contributed by atoms with Gasteiger partial charge in [-0.3, -0.25) is 0 Å². The molecule has 0 saturated carbocycles. The smallest absolute Gasteiger partial charge is 0.209 e. The first kappa shape index (κ1) is 10.7. The third-order valence-electron chi connectivity index (χ3n) is 2.76. The van der Waals surface area contributed by atoms with Crippen LogP contribution < -0.4 is 10.5 Å². The van der Waals surface area contributed by atoms with Gasteiger partial charge in [0, 0.05) is 12.5 Å². The molecule has 2 unspecified atom stereocenters. The average molecular weight is 230 g/mol. The zero-order valence-electron chi connectivity index (χ0n) is 8.22. The molecular formula is C9H14N2O3S. The van der Waals surface area contributed by atoms with Crippen LogP contribution in [-0.4, -0.2) is 27.3 Å². The normalized spacial score (nSPS) is 27.0. The summed E-state index contributed by atoms with van der Waals surface area (Å²) in [7, 11) is -3.40. The minimum absolute atomic E-state index is 0.0237. The summed E-state index contributed by atoms with van der Waals surface area (Å²) in [5.74, 6) is 0.246. The first-order chi connectivity index (χ1) is 7.06. The van der Waals surface area contributed by atoms with Crippen molar-refractivity contribution in [1.82, 2.24) is 5.32 Å². The van der Waals surface area contributed by atoms with Gasteiger partial charge in [-0.05, 0) is 24.1 Å². The predicted octanol–water partition coefficient (Wildman–Crippen LogP) is -0.129. The van der Waals surface area contributed by atoms with Gasteiger partial charge in [0.2, 0.25) is 10.0 Å². The molecule has 84 valence electrons. The van der Waals surface area contributed by atoms with E-state index in [1.54, 1.807) is 12.5 Å². The van der Waals surface area contributed by atoms with Gasteiger partial charge in [0.25, 0.3) is 0 Å². The molecule has 2 atom stereocenters. The Balaban J connectivity index is 2.12. The fourth-order valence-corrected chi connectivity index (χ4v) is 3.03. The molecule has 2 rings (SSSR count). The second kappa shape index (κ2) is 3.96. The second-order valence-corrected chi connectivity index (χ2v) is 5.57. The third kappa shape index (κ3) is 2.58. The van der Waals surface area contributed by atoms with Gasteiger partial charge >= 0.3 is 0 Å². The molecule has 1 aliphatic rings. The Morgan fingerprint density at radius 3 is 2.93 bits per heavy atom. The molecule has 3 N–H and O–H groups in total. The fourth-order valence-electron chi connectivity index (χ4n) is 2.08. The zero-order chi connectivity index (χ0) is 10.9. The highest BCUT2D eigenvalue weighted by atomic mass is 32.2. The van der Waals surface area contributed by atoms with E-state index in [0.717, 1.165) is 12.1 Å². The Hall–Kier alpha value is -0.850. The molecule has 1 saturated heterocycles. The molecule has 1 fully saturated rings. The predicted molar refractivity (Wildman–Crippen MR) is 55.8 cm³/mol. The lowest BCUT2D eigenvalue weighted by atomic mass is 9.92. The fraction of sp³-hybridized carbons (Fsp3) is 0.556. The van der Waals surface area contributed by atoms with Crippen LogP contribution in [0.3, 0.4) is 0 Å². The molecule has 2 heterocycles. The van der Waals surface area contributed by atoms with Crippen molar-refractivity contribution in [3.05, 3.63) is 24.2 Å².